The molecule has 0 aliphatic carbocycles. The summed E-state index contributed by atoms with van der Waals surface area (Å²) >= 11 is 7.79. The molecule has 162 valence electrons. The quantitative estimate of drug-likeness (QED) is 0.563. The first-order chi connectivity index (χ1) is 15.0. The largest absolute Gasteiger partial charge is 0.495 e. The van der Waals surface area contributed by atoms with Crippen LogP contribution in [0.4, 0.5) is 5.69 Å². The summed E-state index contributed by atoms with van der Waals surface area (Å²) in [6.45, 7) is 4.09. The van der Waals surface area contributed by atoms with Crippen LogP contribution in [0.25, 0.3) is 0 Å². The van der Waals surface area contributed by atoms with E-state index in [0.717, 1.165) is 35.5 Å². The molecular formula is C22H24ClN5O2S. The van der Waals surface area contributed by atoms with Gasteiger partial charge < -0.3 is 15.5 Å². The predicted molar refractivity (Wildman–Crippen MR) is 124 cm³/mol. The molecule has 4 rings (SSSR count). The first kappa shape index (κ1) is 21.5. The summed E-state index contributed by atoms with van der Waals surface area (Å²) < 4.78 is 7.17. The molecule has 0 spiro atoms. The molecule has 0 fully saturated rings. The lowest BCUT2D eigenvalue weighted by Gasteiger charge is -2.33. The van der Waals surface area contributed by atoms with Crippen LogP contribution in [0.3, 0.4) is 0 Å². The van der Waals surface area contributed by atoms with Gasteiger partial charge in [-0.2, -0.15) is 0 Å². The first-order valence-corrected chi connectivity index (χ1v) is 11.3. The van der Waals surface area contributed by atoms with Crippen LogP contribution >= 0.6 is 23.4 Å². The highest BCUT2D eigenvalue weighted by atomic mass is 35.5. The molecule has 1 aliphatic rings. The summed E-state index contributed by atoms with van der Waals surface area (Å²) in [4.78, 5) is 13.3. The van der Waals surface area contributed by atoms with Gasteiger partial charge in [0.05, 0.1) is 18.2 Å². The fourth-order valence-electron chi connectivity index (χ4n) is 3.55. The van der Waals surface area contributed by atoms with Gasteiger partial charge in [0.25, 0.3) is 0 Å². The third-order valence-corrected chi connectivity index (χ3v) is 6.57. The van der Waals surface area contributed by atoms with Crippen LogP contribution in [0.15, 0.2) is 47.6 Å². The number of rotatable bonds is 6. The van der Waals surface area contributed by atoms with Crippen molar-refractivity contribution in [1.82, 2.24) is 14.9 Å². The van der Waals surface area contributed by atoms with Crippen LogP contribution in [-0.2, 0) is 11.2 Å². The standard InChI is InChI=1S/C22H24ClN5O2S/c1-4-6-18-25-26-22-28(18)27-19(14-9-10-17(30-3)16(23)12-14)20(31-22)21(29)24-15-8-5-7-13(2)11-15/h5,7-12,19-20,27H,4,6H2,1-3H3,(H,24,29)/t19-,20+/m0/s1. The van der Waals surface area contributed by atoms with E-state index < -0.39 is 5.25 Å². The number of benzene rings is 2. The summed E-state index contributed by atoms with van der Waals surface area (Å²) in [6, 6.07) is 13.0. The molecule has 3 aromatic rings. The Morgan fingerprint density at radius 3 is 2.84 bits per heavy atom. The minimum absolute atomic E-state index is 0.119. The van der Waals surface area contributed by atoms with Crippen LogP contribution < -0.4 is 15.5 Å². The number of aromatic nitrogens is 3. The minimum atomic E-state index is -0.476. The molecule has 2 atom stereocenters. The summed E-state index contributed by atoms with van der Waals surface area (Å²) in [7, 11) is 1.58. The van der Waals surface area contributed by atoms with Crippen LogP contribution in [0.1, 0.15) is 36.3 Å². The molecule has 1 aromatic heterocycles. The Kier molecular flexibility index (Phi) is 6.38. The number of carbonyl (C=O) groups is 1. The van der Waals surface area contributed by atoms with Crippen molar-refractivity contribution >= 4 is 35.0 Å². The molecule has 1 amide bonds. The highest BCUT2D eigenvalue weighted by molar-refractivity contribution is 8.00. The lowest BCUT2D eigenvalue weighted by molar-refractivity contribution is -0.116. The van der Waals surface area contributed by atoms with Crippen molar-refractivity contribution in [3.05, 3.63) is 64.4 Å². The van der Waals surface area contributed by atoms with Crippen LogP contribution in [0, 0.1) is 6.92 Å². The summed E-state index contributed by atoms with van der Waals surface area (Å²) in [5.74, 6) is 1.31. The van der Waals surface area contributed by atoms with E-state index in [1.54, 1.807) is 7.11 Å². The Morgan fingerprint density at radius 1 is 1.29 bits per heavy atom. The number of nitrogens with zero attached hydrogens (tertiary/aromatic N) is 3. The van der Waals surface area contributed by atoms with Crippen molar-refractivity contribution in [2.45, 2.75) is 43.1 Å². The summed E-state index contributed by atoms with van der Waals surface area (Å²) in [5, 5.41) is 12.3. The van der Waals surface area contributed by atoms with Crippen molar-refractivity contribution in [1.29, 1.82) is 0 Å². The molecule has 31 heavy (non-hydrogen) atoms. The Bertz CT molecular complexity index is 1100. The van der Waals surface area contributed by atoms with Crippen molar-refractivity contribution in [2.75, 3.05) is 17.9 Å². The van der Waals surface area contributed by atoms with Gasteiger partial charge in [0.15, 0.2) is 5.82 Å². The number of methoxy groups -OCH3 is 1. The predicted octanol–water partition coefficient (Wildman–Crippen LogP) is 4.60. The smallest absolute Gasteiger partial charge is 0.240 e. The highest BCUT2D eigenvalue weighted by Crippen LogP contribution is 2.39. The van der Waals surface area contributed by atoms with Crippen LogP contribution in [-0.4, -0.2) is 33.1 Å². The van der Waals surface area contributed by atoms with E-state index in [-0.39, 0.29) is 11.9 Å². The number of halogens is 1. The zero-order valence-corrected chi connectivity index (χ0v) is 19.1. The van der Waals surface area contributed by atoms with Gasteiger partial charge in [-0.1, -0.05) is 48.5 Å². The minimum Gasteiger partial charge on any atom is -0.495 e. The molecule has 1 aliphatic heterocycles. The lowest BCUT2D eigenvalue weighted by atomic mass is 10.0. The zero-order chi connectivity index (χ0) is 22.0. The lowest BCUT2D eigenvalue weighted by Crippen LogP contribution is -2.41. The van der Waals surface area contributed by atoms with Gasteiger partial charge in [0.2, 0.25) is 11.1 Å². The normalized spacial score (nSPS) is 17.5. The summed E-state index contributed by atoms with van der Waals surface area (Å²) in [5.41, 5.74) is 6.17. The molecular weight excluding hydrogens is 434 g/mol. The van der Waals surface area contributed by atoms with Crippen LogP contribution in [0.2, 0.25) is 5.02 Å². The van der Waals surface area contributed by atoms with Crippen molar-refractivity contribution < 1.29 is 9.53 Å². The molecule has 9 heteroatoms. The average Bonchev–Trinajstić information content (AvgIpc) is 3.15. The molecule has 2 heterocycles. The second kappa shape index (κ2) is 9.20. The zero-order valence-electron chi connectivity index (χ0n) is 17.6. The Labute approximate surface area is 190 Å². The van der Waals surface area contributed by atoms with E-state index in [1.165, 1.54) is 11.8 Å². The molecule has 0 bridgehead atoms. The second-order valence-corrected chi connectivity index (χ2v) is 8.90. The Hall–Kier alpha value is -2.71. The van der Waals surface area contributed by atoms with E-state index in [9.17, 15) is 4.79 Å². The number of hydrogen-bond donors (Lipinski definition) is 2. The second-order valence-electron chi connectivity index (χ2n) is 7.38. The van der Waals surface area contributed by atoms with Gasteiger partial charge in [-0.3, -0.25) is 4.79 Å². The van der Waals surface area contributed by atoms with Gasteiger partial charge in [0, 0.05) is 12.1 Å². The highest BCUT2D eigenvalue weighted by Gasteiger charge is 2.38. The monoisotopic (exact) mass is 457 g/mol. The molecule has 7 nitrogen and oxygen atoms in total. The van der Waals surface area contributed by atoms with Crippen molar-refractivity contribution in [2.24, 2.45) is 0 Å². The fourth-order valence-corrected chi connectivity index (χ4v) is 4.91. The summed E-state index contributed by atoms with van der Waals surface area (Å²) in [6.07, 6.45) is 1.73. The van der Waals surface area contributed by atoms with Crippen molar-refractivity contribution in [3.8, 4) is 5.75 Å². The third-order valence-electron chi connectivity index (χ3n) is 5.06. The van der Waals surface area contributed by atoms with E-state index in [1.807, 2.05) is 54.1 Å². The number of aryl methyl sites for hydroxylation is 2. The number of thioether (sulfide) groups is 1. The van der Waals surface area contributed by atoms with Crippen molar-refractivity contribution in [3.63, 3.8) is 0 Å². The van der Waals surface area contributed by atoms with E-state index >= 15 is 0 Å². The number of nitrogens with one attached hydrogen (secondary N) is 2. The van der Waals surface area contributed by atoms with E-state index in [4.69, 9.17) is 16.3 Å². The maximum Gasteiger partial charge on any atom is 0.240 e. The van der Waals surface area contributed by atoms with Gasteiger partial charge in [0.1, 0.15) is 11.0 Å². The number of carbonyl (C=O) groups excluding carboxylic acids is 1. The maximum absolute atomic E-state index is 13.3. The van der Waals surface area contributed by atoms with Gasteiger partial charge >= 0.3 is 0 Å². The molecule has 0 unspecified atom stereocenters. The number of ether oxygens (including phenoxy) is 1. The average molecular weight is 458 g/mol. The fraction of sp³-hybridized carbons (Fsp3) is 0.318. The maximum atomic E-state index is 13.3. The molecule has 2 N–H and O–H groups in total. The van der Waals surface area contributed by atoms with Gasteiger partial charge in [-0.05, 0) is 48.7 Å². The SMILES string of the molecule is CCCc1nnc2n1N[C@@H](c1ccc(OC)c(Cl)c1)[C@H](C(=O)Nc1cccc(C)c1)S2. The molecule has 0 saturated heterocycles. The topological polar surface area (TPSA) is 81.1 Å². The molecule has 2 aromatic carbocycles. The van der Waals surface area contributed by atoms with Crippen LogP contribution in [0.5, 0.6) is 5.75 Å². The number of hydrogen-bond acceptors (Lipinski definition) is 6. The van der Waals surface area contributed by atoms with Gasteiger partial charge in [-0.25, -0.2) is 4.68 Å². The number of fused-ring (bicyclic) bond motifs is 1. The molecule has 0 saturated carbocycles. The van der Waals surface area contributed by atoms with Gasteiger partial charge in [-0.15, -0.1) is 10.2 Å². The van der Waals surface area contributed by atoms with E-state index in [0.29, 0.717) is 15.9 Å². The third kappa shape index (κ3) is 4.50. The Morgan fingerprint density at radius 2 is 2.13 bits per heavy atom. The Balaban J connectivity index is 1.69. The molecule has 0 radical (unpaired) electrons. The number of amides is 1. The first-order valence-electron chi connectivity index (χ1n) is 10.1. The van der Waals surface area contributed by atoms with E-state index in [2.05, 4.69) is 27.9 Å². The number of anilines is 1.